The van der Waals surface area contributed by atoms with E-state index in [9.17, 15) is 14.4 Å². The second-order valence-corrected chi connectivity index (χ2v) is 5.03. The molecule has 0 spiro atoms. The van der Waals surface area contributed by atoms with Gasteiger partial charge in [0.15, 0.2) is 0 Å². The standard InChI is InChI=1S/C14H20N2O4/c1-9(2)13(14(19)20)15-11(17)7-8-16-10(3)5-4-6-12(16)18/h4-6,9,13H,7-8H2,1-3H3,(H,15,17)(H,19,20). The molecule has 110 valence electrons. The quantitative estimate of drug-likeness (QED) is 0.805. The molecule has 1 heterocycles. The summed E-state index contributed by atoms with van der Waals surface area (Å²) in [5.41, 5.74) is 0.598. The van der Waals surface area contributed by atoms with Crippen LogP contribution >= 0.6 is 0 Å². The predicted molar refractivity (Wildman–Crippen MR) is 74.5 cm³/mol. The largest absolute Gasteiger partial charge is 0.480 e. The molecule has 20 heavy (non-hydrogen) atoms. The van der Waals surface area contributed by atoms with E-state index in [1.54, 1.807) is 32.9 Å². The molecule has 6 nitrogen and oxygen atoms in total. The maximum Gasteiger partial charge on any atom is 0.326 e. The van der Waals surface area contributed by atoms with Crippen LogP contribution in [0.1, 0.15) is 26.0 Å². The van der Waals surface area contributed by atoms with Crippen molar-refractivity contribution in [2.75, 3.05) is 0 Å². The lowest BCUT2D eigenvalue weighted by molar-refractivity contribution is -0.143. The highest BCUT2D eigenvalue weighted by Crippen LogP contribution is 2.03. The first kappa shape index (κ1) is 15.9. The Hall–Kier alpha value is -2.11. The molecule has 1 atom stereocenters. The lowest BCUT2D eigenvalue weighted by Gasteiger charge is -2.18. The minimum Gasteiger partial charge on any atom is -0.480 e. The summed E-state index contributed by atoms with van der Waals surface area (Å²) in [5.74, 6) is -1.62. The highest BCUT2D eigenvalue weighted by atomic mass is 16.4. The number of hydrogen-bond acceptors (Lipinski definition) is 3. The van der Waals surface area contributed by atoms with Crippen LogP contribution in [0.25, 0.3) is 0 Å². The molecule has 0 aliphatic carbocycles. The van der Waals surface area contributed by atoms with Crippen LogP contribution in [0.4, 0.5) is 0 Å². The SMILES string of the molecule is Cc1cccc(=O)n1CCC(=O)NC(C(=O)O)C(C)C. The fourth-order valence-corrected chi connectivity index (χ4v) is 1.88. The molecule has 6 heteroatoms. The van der Waals surface area contributed by atoms with Gasteiger partial charge in [0, 0.05) is 24.7 Å². The molecule has 0 aliphatic heterocycles. The zero-order valence-electron chi connectivity index (χ0n) is 11.9. The smallest absolute Gasteiger partial charge is 0.326 e. The maximum atomic E-state index is 11.8. The van der Waals surface area contributed by atoms with Gasteiger partial charge in [0.25, 0.3) is 5.56 Å². The van der Waals surface area contributed by atoms with E-state index in [1.807, 2.05) is 0 Å². The summed E-state index contributed by atoms with van der Waals surface area (Å²) in [5, 5.41) is 11.5. The second-order valence-electron chi connectivity index (χ2n) is 5.03. The number of carboxylic acid groups (broad SMARTS) is 1. The Balaban J connectivity index is 2.64. The minimum atomic E-state index is -1.05. The van der Waals surface area contributed by atoms with E-state index in [0.717, 1.165) is 5.69 Å². The van der Waals surface area contributed by atoms with E-state index in [1.165, 1.54) is 10.6 Å². The average Bonchev–Trinajstić information content (AvgIpc) is 2.34. The van der Waals surface area contributed by atoms with Crippen LogP contribution in [-0.4, -0.2) is 27.6 Å². The first-order valence-electron chi connectivity index (χ1n) is 6.51. The number of hydrogen-bond donors (Lipinski definition) is 2. The molecule has 0 aliphatic rings. The molecular formula is C14H20N2O4. The molecule has 1 aromatic heterocycles. The fraction of sp³-hybridized carbons (Fsp3) is 0.500. The van der Waals surface area contributed by atoms with E-state index >= 15 is 0 Å². The summed E-state index contributed by atoms with van der Waals surface area (Å²) in [4.78, 5) is 34.4. The highest BCUT2D eigenvalue weighted by Gasteiger charge is 2.23. The van der Waals surface area contributed by atoms with Crippen molar-refractivity contribution in [3.05, 3.63) is 34.2 Å². The Kier molecular flexibility index (Phi) is 5.49. The normalized spacial score (nSPS) is 12.2. The van der Waals surface area contributed by atoms with E-state index in [2.05, 4.69) is 5.32 Å². The summed E-state index contributed by atoms with van der Waals surface area (Å²) in [6, 6.07) is 3.97. The Morgan fingerprint density at radius 2 is 2.00 bits per heavy atom. The Morgan fingerprint density at radius 3 is 2.50 bits per heavy atom. The number of amides is 1. The Morgan fingerprint density at radius 1 is 1.35 bits per heavy atom. The molecule has 0 saturated carbocycles. The third-order valence-corrected chi connectivity index (χ3v) is 3.08. The second kappa shape index (κ2) is 6.88. The van der Waals surface area contributed by atoms with Crippen molar-refractivity contribution in [1.29, 1.82) is 0 Å². The van der Waals surface area contributed by atoms with Crippen molar-refractivity contribution < 1.29 is 14.7 Å². The van der Waals surface area contributed by atoms with Crippen LogP contribution in [-0.2, 0) is 16.1 Å². The van der Waals surface area contributed by atoms with Gasteiger partial charge in [-0.3, -0.25) is 9.59 Å². The van der Waals surface area contributed by atoms with Gasteiger partial charge in [-0.25, -0.2) is 4.79 Å². The van der Waals surface area contributed by atoms with Crippen molar-refractivity contribution in [2.45, 2.75) is 39.8 Å². The van der Waals surface area contributed by atoms with Crippen molar-refractivity contribution in [2.24, 2.45) is 5.92 Å². The molecular weight excluding hydrogens is 260 g/mol. The molecule has 1 unspecified atom stereocenters. The Bertz CT molecular complexity index is 548. The lowest BCUT2D eigenvalue weighted by Crippen LogP contribution is -2.44. The molecule has 0 bridgehead atoms. The molecule has 1 aromatic rings. The predicted octanol–water partition coefficient (Wildman–Crippen LogP) is 0.772. The van der Waals surface area contributed by atoms with Crippen molar-refractivity contribution >= 4 is 11.9 Å². The van der Waals surface area contributed by atoms with Crippen LogP contribution in [0.3, 0.4) is 0 Å². The number of nitrogens with zero attached hydrogens (tertiary/aromatic N) is 1. The number of carboxylic acids is 1. The number of rotatable bonds is 6. The third-order valence-electron chi connectivity index (χ3n) is 3.08. The first-order chi connectivity index (χ1) is 9.32. The number of aliphatic carboxylic acids is 1. The van der Waals surface area contributed by atoms with Crippen molar-refractivity contribution in [3.8, 4) is 0 Å². The van der Waals surface area contributed by atoms with E-state index in [0.29, 0.717) is 0 Å². The van der Waals surface area contributed by atoms with Gasteiger partial charge in [-0.05, 0) is 18.9 Å². The van der Waals surface area contributed by atoms with Crippen molar-refractivity contribution in [1.82, 2.24) is 9.88 Å². The van der Waals surface area contributed by atoms with Crippen LogP contribution < -0.4 is 10.9 Å². The minimum absolute atomic E-state index is 0.0707. The number of carbonyl (C=O) groups excluding carboxylic acids is 1. The zero-order chi connectivity index (χ0) is 15.3. The van der Waals surface area contributed by atoms with Crippen molar-refractivity contribution in [3.63, 3.8) is 0 Å². The number of aryl methyl sites for hydroxylation is 1. The van der Waals surface area contributed by atoms with Gasteiger partial charge in [-0.1, -0.05) is 19.9 Å². The van der Waals surface area contributed by atoms with Crippen LogP contribution in [0, 0.1) is 12.8 Å². The lowest BCUT2D eigenvalue weighted by atomic mass is 10.0. The van der Waals surface area contributed by atoms with Gasteiger partial charge in [0.05, 0.1) is 0 Å². The topological polar surface area (TPSA) is 88.4 Å². The van der Waals surface area contributed by atoms with Gasteiger partial charge < -0.3 is 15.0 Å². The zero-order valence-corrected chi connectivity index (χ0v) is 11.9. The number of nitrogens with one attached hydrogen (secondary N) is 1. The number of pyridine rings is 1. The van der Waals surface area contributed by atoms with Gasteiger partial charge in [0.1, 0.15) is 6.04 Å². The molecule has 0 radical (unpaired) electrons. The Labute approximate surface area is 117 Å². The van der Waals surface area contributed by atoms with Gasteiger partial charge >= 0.3 is 5.97 Å². The molecule has 1 rings (SSSR count). The summed E-state index contributed by atoms with van der Waals surface area (Å²) in [7, 11) is 0. The van der Waals surface area contributed by atoms with E-state index in [-0.39, 0.29) is 30.3 Å². The number of aromatic nitrogens is 1. The maximum absolute atomic E-state index is 11.8. The molecule has 0 aromatic carbocycles. The fourth-order valence-electron chi connectivity index (χ4n) is 1.88. The van der Waals surface area contributed by atoms with Gasteiger partial charge in [-0.15, -0.1) is 0 Å². The average molecular weight is 280 g/mol. The summed E-state index contributed by atoms with van der Waals surface area (Å²) in [6.45, 7) is 5.48. The van der Waals surface area contributed by atoms with Crippen LogP contribution in [0.2, 0.25) is 0 Å². The van der Waals surface area contributed by atoms with Crippen LogP contribution in [0.15, 0.2) is 23.0 Å². The van der Waals surface area contributed by atoms with E-state index in [4.69, 9.17) is 5.11 Å². The molecule has 1 amide bonds. The monoisotopic (exact) mass is 280 g/mol. The summed E-state index contributed by atoms with van der Waals surface area (Å²) in [6.07, 6.45) is 0.0707. The van der Waals surface area contributed by atoms with Gasteiger partial charge in [-0.2, -0.15) is 0 Å². The molecule has 0 saturated heterocycles. The van der Waals surface area contributed by atoms with Crippen LogP contribution in [0.5, 0.6) is 0 Å². The number of carbonyl (C=O) groups is 2. The molecule has 0 fully saturated rings. The first-order valence-corrected chi connectivity index (χ1v) is 6.51. The third kappa shape index (κ3) is 4.22. The van der Waals surface area contributed by atoms with Gasteiger partial charge in [0.2, 0.25) is 5.91 Å². The summed E-state index contributed by atoms with van der Waals surface area (Å²) < 4.78 is 1.49. The summed E-state index contributed by atoms with van der Waals surface area (Å²) >= 11 is 0. The molecule has 2 N–H and O–H groups in total. The highest BCUT2D eigenvalue weighted by molar-refractivity contribution is 5.83. The van der Waals surface area contributed by atoms with E-state index < -0.39 is 12.0 Å².